The topological polar surface area (TPSA) is 79.8 Å². The fraction of sp³-hybridized carbons (Fsp3) is 0.435. The SMILES string of the molecule is CCCCc1ccc(NC(=O)CSc2nc3cc(C)[nH]c3c(=O)n2C(C)CC)cc1. The number of hydrogen-bond donors (Lipinski definition) is 2. The van der Waals surface area contributed by atoms with Crippen LogP contribution in [0, 0.1) is 6.92 Å². The number of aryl methyl sites for hydroxylation is 2. The molecule has 6 nitrogen and oxygen atoms in total. The third-order valence-corrected chi connectivity index (χ3v) is 6.16. The van der Waals surface area contributed by atoms with Crippen LogP contribution in [0.15, 0.2) is 40.3 Å². The molecular formula is C23H30N4O2S. The maximum Gasteiger partial charge on any atom is 0.278 e. The van der Waals surface area contributed by atoms with Gasteiger partial charge < -0.3 is 10.3 Å². The lowest BCUT2D eigenvalue weighted by atomic mass is 10.1. The van der Waals surface area contributed by atoms with Crippen molar-refractivity contribution in [1.29, 1.82) is 0 Å². The van der Waals surface area contributed by atoms with Crippen LogP contribution in [0.25, 0.3) is 11.0 Å². The molecule has 1 aromatic carbocycles. The lowest BCUT2D eigenvalue weighted by Crippen LogP contribution is -2.26. The Morgan fingerprint density at radius 3 is 2.67 bits per heavy atom. The van der Waals surface area contributed by atoms with Crippen molar-refractivity contribution < 1.29 is 4.79 Å². The number of carbonyl (C=O) groups excluding carboxylic acids is 1. The summed E-state index contributed by atoms with van der Waals surface area (Å²) < 4.78 is 1.69. The quantitative estimate of drug-likeness (QED) is 0.369. The molecule has 0 aliphatic heterocycles. The molecule has 0 saturated carbocycles. The van der Waals surface area contributed by atoms with Crippen molar-refractivity contribution in [3.8, 4) is 0 Å². The number of hydrogen-bond acceptors (Lipinski definition) is 4. The number of amides is 1. The third-order valence-electron chi connectivity index (χ3n) is 5.21. The summed E-state index contributed by atoms with van der Waals surface area (Å²) in [7, 11) is 0. The van der Waals surface area contributed by atoms with Crippen molar-refractivity contribution >= 4 is 34.4 Å². The normalized spacial score (nSPS) is 12.3. The summed E-state index contributed by atoms with van der Waals surface area (Å²) in [5.74, 6) is 0.0756. The van der Waals surface area contributed by atoms with Crippen LogP contribution < -0.4 is 10.9 Å². The molecule has 0 aliphatic rings. The minimum atomic E-state index is -0.114. The molecule has 0 bridgehead atoms. The van der Waals surface area contributed by atoms with Crippen molar-refractivity contribution in [2.45, 2.75) is 64.6 Å². The Morgan fingerprint density at radius 2 is 2.00 bits per heavy atom. The van der Waals surface area contributed by atoms with Gasteiger partial charge in [-0.15, -0.1) is 0 Å². The summed E-state index contributed by atoms with van der Waals surface area (Å²) in [5, 5.41) is 3.51. The number of thioether (sulfide) groups is 1. The Balaban J connectivity index is 1.73. The number of H-pyrrole nitrogens is 1. The Hall–Kier alpha value is -2.54. The first-order chi connectivity index (χ1) is 14.4. The third kappa shape index (κ3) is 5.14. The van der Waals surface area contributed by atoms with Crippen LogP contribution >= 0.6 is 11.8 Å². The Bertz CT molecular complexity index is 1070. The lowest BCUT2D eigenvalue weighted by Gasteiger charge is -2.17. The second kappa shape index (κ2) is 9.98. The summed E-state index contributed by atoms with van der Waals surface area (Å²) in [6, 6.07) is 9.86. The molecule has 0 radical (unpaired) electrons. The predicted octanol–water partition coefficient (Wildman–Crippen LogP) is 5.08. The van der Waals surface area contributed by atoms with Crippen molar-refractivity contribution in [2.24, 2.45) is 0 Å². The fourth-order valence-electron chi connectivity index (χ4n) is 3.33. The molecule has 0 spiro atoms. The van der Waals surface area contributed by atoms with E-state index in [1.165, 1.54) is 23.7 Å². The molecule has 0 aliphatic carbocycles. The van der Waals surface area contributed by atoms with Gasteiger partial charge in [0.1, 0.15) is 5.52 Å². The second-order valence-corrected chi connectivity index (χ2v) is 8.62. The van der Waals surface area contributed by atoms with E-state index in [1.807, 2.05) is 39.0 Å². The van der Waals surface area contributed by atoms with Gasteiger partial charge in [-0.25, -0.2) is 4.98 Å². The Morgan fingerprint density at radius 1 is 1.27 bits per heavy atom. The molecule has 0 fully saturated rings. The van der Waals surface area contributed by atoms with Crippen LogP contribution in [0.4, 0.5) is 5.69 Å². The molecule has 0 saturated heterocycles. The van der Waals surface area contributed by atoms with E-state index in [-0.39, 0.29) is 23.3 Å². The van der Waals surface area contributed by atoms with Gasteiger partial charge in [-0.2, -0.15) is 0 Å². The number of fused-ring (bicyclic) bond motifs is 1. The Kier molecular flexibility index (Phi) is 7.37. The van der Waals surface area contributed by atoms with Crippen molar-refractivity contribution in [2.75, 3.05) is 11.1 Å². The fourth-order valence-corrected chi connectivity index (χ4v) is 4.22. The van der Waals surface area contributed by atoms with E-state index in [9.17, 15) is 9.59 Å². The number of nitrogens with one attached hydrogen (secondary N) is 2. The number of rotatable bonds is 9. The molecule has 1 amide bonds. The number of carbonyl (C=O) groups is 1. The van der Waals surface area contributed by atoms with Crippen molar-refractivity contribution in [3.05, 3.63) is 51.9 Å². The highest BCUT2D eigenvalue weighted by Crippen LogP contribution is 2.23. The van der Waals surface area contributed by atoms with Gasteiger partial charge in [0, 0.05) is 17.4 Å². The molecule has 2 heterocycles. The van der Waals surface area contributed by atoms with Gasteiger partial charge in [-0.05, 0) is 56.9 Å². The monoisotopic (exact) mass is 426 g/mol. The van der Waals surface area contributed by atoms with Gasteiger partial charge in [0.25, 0.3) is 5.56 Å². The summed E-state index contributed by atoms with van der Waals surface area (Å²) in [6.07, 6.45) is 4.19. The average Bonchev–Trinajstić information content (AvgIpc) is 3.12. The molecule has 2 aromatic heterocycles. The van der Waals surface area contributed by atoms with Crippen LogP contribution in [-0.2, 0) is 11.2 Å². The van der Waals surface area contributed by atoms with Gasteiger partial charge >= 0.3 is 0 Å². The van der Waals surface area contributed by atoms with Gasteiger partial charge in [0.15, 0.2) is 5.16 Å². The van der Waals surface area contributed by atoms with Crippen molar-refractivity contribution in [3.63, 3.8) is 0 Å². The number of aromatic nitrogens is 3. The van der Waals surface area contributed by atoms with Crippen LogP contribution in [-0.4, -0.2) is 26.2 Å². The number of nitrogens with zero attached hydrogens (tertiary/aromatic N) is 2. The standard InChI is InChI=1S/C23H30N4O2S/c1-5-7-8-17-9-11-18(12-10-17)25-20(28)14-30-23-26-19-13-15(3)24-21(19)22(29)27(23)16(4)6-2/h9-13,16,24H,5-8,14H2,1-4H3,(H,25,28). The zero-order valence-electron chi connectivity index (χ0n) is 18.1. The molecule has 1 atom stereocenters. The zero-order chi connectivity index (χ0) is 21.7. The molecular weight excluding hydrogens is 396 g/mol. The van der Waals surface area contributed by atoms with E-state index in [1.54, 1.807) is 4.57 Å². The van der Waals surface area contributed by atoms with Crippen LogP contribution in [0.3, 0.4) is 0 Å². The minimum absolute atomic E-state index is 0.000711. The number of benzene rings is 1. The Labute approximate surface area is 181 Å². The van der Waals surface area contributed by atoms with E-state index in [0.717, 1.165) is 30.6 Å². The number of aromatic amines is 1. The molecule has 3 rings (SSSR count). The van der Waals surface area contributed by atoms with Gasteiger partial charge in [0.05, 0.1) is 11.3 Å². The highest BCUT2D eigenvalue weighted by atomic mass is 32.2. The maximum atomic E-state index is 13.0. The predicted molar refractivity (Wildman–Crippen MR) is 125 cm³/mol. The van der Waals surface area contributed by atoms with Crippen LogP contribution in [0.5, 0.6) is 0 Å². The summed E-state index contributed by atoms with van der Waals surface area (Å²) >= 11 is 1.30. The smallest absolute Gasteiger partial charge is 0.278 e. The summed E-state index contributed by atoms with van der Waals surface area (Å²) in [6.45, 7) is 8.11. The lowest BCUT2D eigenvalue weighted by molar-refractivity contribution is -0.113. The molecule has 3 aromatic rings. The number of unbranched alkanes of at least 4 members (excludes halogenated alkanes) is 1. The van der Waals surface area contributed by atoms with E-state index >= 15 is 0 Å². The minimum Gasteiger partial charge on any atom is -0.353 e. The first-order valence-electron chi connectivity index (χ1n) is 10.6. The first kappa shape index (κ1) is 22.2. The van der Waals surface area contributed by atoms with Gasteiger partial charge in [-0.3, -0.25) is 14.2 Å². The van der Waals surface area contributed by atoms with E-state index in [0.29, 0.717) is 16.2 Å². The van der Waals surface area contributed by atoms with Crippen LogP contribution in [0.2, 0.25) is 0 Å². The van der Waals surface area contributed by atoms with E-state index < -0.39 is 0 Å². The van der Waals surface area contributed by atoms with Crippen LogP contribution in [0.1, 0.15) is 57.3 Å². The number of anilines is 1. The van der Waals surface area contributed by atoms with E-state index in [4.69, 9.17) is 0 Å². The van der Waals surface area contributed by atoms with Crippen molar-refractivity contribution in [1.82, 2.24) is 14.5 Å². The summed E-state index contributed by atoms with van der Waals surface area (Å²) in [4.78, 5) is 33.2. The summed E-state index contributed by atoms with van der Waals surface area (Å²) in [5.41, 5.74) is 4.03. The highest BCUT2D eigenvalue weighted by molar-refractivity contribution is 7.99. The molecule has 160 valence electrons. The molecule has 2 N–H and O–H groups in total. The maximum absolute atomic E-state index is 13.0. The second-order valence-electron chi connectivity index (χ2n) is 7.68. The molecule has 7 heteroatoms. The zero-order valence-corrected chi connectivity index (χ0v) is 18.9. The molecule has 30 heavy (non-hydrogen) atoms. The van der Waals surface area contributed by atoms with Gasteiger partial charge in [-0.1, -0.05) is 44.2 Å². The first-order valence-corrected chi connectivity index (χ1v) is 11.5. The molecule has 1 unspecified atom stereocenters. The average molecular weight is 427 g/mol. The van der Waals surface area contributed by atoms with Gasteiger partial charge in [0.2, 0.25) is 5.91 Å². The largest absolute Gasteiger partial charge is 0.353 e. The highest BCUT2D eigenvalue weighted by Gasteiger charge is 2.18. The van der Waals surface area contributed by atoms with E-state index in [2.05, 4.69) is 34.3 Å².